The summed E-state index contributed by atoms with van der Waals surface area (Å²) in [6, 6.07) is 12.3. The van der Waals surface area contributed by atoms with Crippen molar-refractivity contribution in [1.29, 1.82) is 0 Å². The Morgan fingerprint density at radius 3 is 2.29 bits per heavy atom. The number of hydrogen-bond donors (Lipinski definition) is 1. The molecule has 0 fully saturated rings. The van der Waals surface area contributed by atoms with E-state index in [1.54, 1.807) is 7.11 Å². The van der Waals surface area contributed by atoms with Gasteiger partial charge in [-0.1, -0.05) is 29.8 Å². The molecule has 0 heterocycles. The van der Waals surface area contributed by atoms with Crippen LogP contribution in [0.15, 0.2) is 36.4 Å². The van der Waals surface area contributed by atoms with Crippen molar-refractivity contribution in [3.05, 3.63) is 64.2 Å². The number of aliphatic hydroxyl groups is 1. The molecule has 0 bridgehead atoms. The first-order valence-electron chi connectivity index (χ1n) is 7.37. The zero-order valence-electron chi connectivity index (χ0n) is 13.3. The molecule has 0 aliphatic carbocycles. The van der Waals surface area contributed by atoms with Crippen molar-refractivity contribution in [2.24, 2.45) is 0 Å². The van der Waals surface area contributed by atoms with Gasteiger partial charge in [0, 0.05) is 0 Å². The molecule has 0 saturated carbocycles. The molecule has 1 atom stereocenters. The van der Waals surface area contributed by atoms with E-state index in [1.165, 1.54) is 22.3 Å². The summed E-state index contributed by atoms with van der Waals surface area (Å²) >= 11 is 0. The zero-order chi connectivity index (χ0) is 15.4. The number of hydrogen-bond acceptors (Lipinski definition) is 2. The van der Waals surface area contributed by atoms with Crippen LogP contribution < -0.4 is 4.74 Å². The Bertz CT molecular complexity index is 594. The maximum Gasteiger partial charge on any atom is 0.119 e. The Labute approximate surface area is 127 Å². The SMILES string of the molecule is COc1cccc(CC(O)Cc2c(C)cc(C)cc2C)c1. The Morgan fingerprint density at radius 1 is 1.00 bits per heavy atom. The maximum atomic E-state index is 10.4. The Balaban J connectivity index is 2.09. The third kappa shape index (κ3) is 4.08. The second-order valence-electron chi connectivity index (χ2n) is 5.79. The smallest absolute Gasteiger partial charge is 0.119 e. The Kier molecular flexibility index (Phi) is 5.03. The standard InChI is InChI=1S/C19H24O2/c1-13-8-14(2)19(15(3)9-13)12-17(20)10-16-6-5-7-18(11-16)21-4/h5-9,11,17,20H,10,12H2,1-4H3. The van der Waals surface area contributed by atoms with E-state index in [0.29, 0.717) is 12.8 Å². The van der Waals surface area contributed by atoms with Gasteiger partial charge >= 0.3 is 0 Å². The van der Waals surface area contributed by atoms with Gasteiger partial charge in [-0.25, -0.2) is 0 Å². The summed E-state index contributed by atoms with van der Waals surface area (Å²) in [6.45, 7) is 6.34. The molecule has 0 saturated heterocycles. The average Bonchev–Trinajstić information content (AvgIpc) is 2.43. The molecule has 0 radical (unpaired) electrons. The van der Waals surface area contributed by atoms with Gasteiger partial charge in [0.25, 0.3) is 0 Å². The fourth-order valence-electron chi connectivity index (χ4n) is 2.91. The molecule has 21 heavy (non-hydrogen) atoms. The fraction of sp³-hybridized carbons (Fsp3) is 0.368. The molecular weight excluding hydrogens is 260 g/mol. The molecule has 2 aromatic rings. The number of ether oxygens (including phenoxy) is 1. The Morgan fingerprint density at radius 2 is 1.67 bits per heavy atom. The summed E-state index contributed by atoms with van der Waals surface area (Å²) < 4.78 is 5.22. The van der Waals surface area contributed by atoms with Gasteiger partial charge in [0.1, 0.15) is 5.75 Å². The monoisotopic (exact) mass is 284 g/mol. The van der Waals surface area contributed by atoms with Crippen molar-refractivity contribution in [1.82, 2.24) is 0 Å². The summed E-state index contributed by atoms with van der Waals surface area (Å²) in [6.07, 6.45) is 0.955. The molecule has 112 valence electrons. The van der Waals surface area contributed by atoms with E-state index in [2.05, 4.69) is 32.9 Å². The van der Waals surface area contributed by atoms with Crippen molar-refractivity contribution < 1.29 is 9.84 Å². The van der Waals surface area contributed by atoms with Crippen molar-refractivity contribution in [3.8, 4) is 5.75 Å². The number of methoxy groups -OCH3 is 1. The lowest BCUT2D eigenvalue weighted by atomic mass is 9.93. The largest absolute Gasteiger partial charge is 0.497 e. The lowest BCUT2D eigenvalue weighted by Crippen LogP contribution is -2.15. The van der Waals surface area contributed by atoms with Crippen LogP contribution in [0.2, 0.25) is 0 Å². The summed E-state index contributed by atoms with van der Waals surface area (Å²) in [7, 11) is 1.66. The Hall–Kier alpha value is -1.80. The second-order valence-corrected chi connectivity index (χ2v) is 5.79. The molecule has 2 rings (SSSR count). The van der Waals surface area contributed by atoms with E-state index in [1.807, 2.05) is 24.3 Å². The van der Waals surface area contributed by atoms with Crippen LogP contribution in [0, 0.1) is 20.8 Å². The first-order valence-corrected chi connectivity index (χ1v) is 7.37. The third-order valence-electron chi connectivity index (χ3n) is 3.89. The molecule has 0 aliphatic heterocycles. The van der Waals surface area contributed by atoms with Crippen molar-refractivity contribution >= 4 is 0 Å². The van der Waals surface area contributed by atoms with E-state index in [-0.39, 0.29) is 6.10 Å². The minimum absolute atomic E-state index is 0.378. The summed E-state index contributed by atoms with van der Waals surface area (Å²) in [5, 5.41) is 10.4. The maximum absolute atomic E-state index is 10.4. The van der Waals surface area contributed by atoms with Crippen LogP contribution in [-0.2, 0) is 12.8 Å². The quantitative estimate of drug-likeness (QED) is 0.905. The van der Waals surface area contributed by atoms with E-state index >= 15 is 0 Å². The van der Waals surface area contributed by atoms with Crippen molar-refractivity contribution in [2.75, 3.05) is 7.11 Å². The first-order chi connectivity index (χ1) is 9.99. The molecule has 0 spiro atoms. The van der Waals surface area contributed by atoms with Crippen LogP contribution in [0.3, 0.4) is 0 Å². The van der Waals surface area contributed by atoms with Gasteiger partial charge in [-0.15, -0.1) is 0 Å². The van der Waals surface area contributed by atoms with Gasteiger partial charge in [0.2, 0.25) is 0 Å². The predicted octanol–water partition coefficient (Wildman–Crippen LogP) is 3.77. The molecule has 0 amide bonds. The number of aryl methyl sites for hydroxylation is 3. The lowest BCUT2D eigenvalue weighted by molar-refractivity contribution is 0.175. The predicted molar refractivity (Wildman–Crippen MR) is 87.1 cm³/mol. The molecular formula is C19H24O2. The lowest BCUT2D eigenvalue weighted by Gasteiger charge is -2.16. The minimum Gasteiger partial charge on any atom is -0.497 e. The molecule has 2 nitrogen and oxygen atoms in total. The van der Waals surface area contributed by atoms with Crippen LogP contribution in [-0.4, -0.2) is 18.3 Å². The van der Waals surface area contributed by atoms with E-state index < -0.39 is 0 Å². The third-order valence-corrected chi connectivity index (χ3v) is 3.89. The fourth-order valence-corrected chi connectivity index (χ4v) is 2.91. The molecule has 2 heteroatoms. The molecule has 2 aromatic carbocycles. The minimum atomic E-state index is -0.378. The van der Waals surface area contributed by atoms with Crippen LogP contribution in [0.4, 0.5) is 0 Å². The van der Waals surface area contributed by atoms with Crippen molar-refractivity contribution in [2.45, 2.75) is 39.7 Å². The molecule has 1 unspecified atom stereocenters. The summed E-state index contributed by atoms with van der Waals surface area (Å²) in [5.41, 5.74) is 6.16. The highest BCUT2D eigenvalue weighted by Gasteiger charge is 2.11. The van der Waals surface area contributed by atoms with E-state index in [0.717, 1.165) is 11.3 Å². The van der Waals surface area contributed by atoms with E-state index in [9.17, 15) is 5.11 Å². The first kappa shape index (κ1) is 15.6. The van der Waals surface area contributed by atoms with Gasteiger partial charge in [0.15, 0.2) is 0 Å². The van der Waals surface area contributed by atoms with Gasteiger partial charge in [-0.3, -0.25) is 0 Å². The summed E-state index contributed by atoms with van der Waals surface area (Å²) in [4.78, 5) is 0. The van der Waals surface area contributed by atoms with Crippen LogP contribution in [0.5, 0.6) is 5.75 Å². The second kappa shape index (κ2) is 6.77. The highest BCUT2D eigenvalue weighted by molar-refractivity contribution is 5.38. The van der Waals surface area contributed by atoms with Crippen LogP contribution in [0.1, 0.15) is 27.8 Å². The topological polar surface area (TPSA) is 29.5 Å². The highest BCUT2D eigenvalue weighted by Crippen LogP contribution is 2.20. The van der Waals surface area contributed by atoms with Gasteiger partial charge < -0.3 is 9.84 Å². The molecule has 0 aromatic heterocycles. The van der Waals surface area contributed by atoms with Gasteiger partial charge in [0.05, 0.1) is 13.2 Å². The van der Waals surface area contributed by atoms with E-state index in [4.69, 9.17) is 4.74 Å². The van der Waals surface area contributed by atoms with Crippen molar-refractivity contribution in [3.63, 3.8) is 0 Å². The normalized spacial score (nSPS) is 12.2. The number of rotatable bonds is 5. The number of benzene rings is 2. The summed E-state index contributed by atoms with van der Waals surface area (Å²) in [5.74, 6) is 0.836. The molecule has 1 N–H and O–H groups in total. The highest BCUT2D eigenvalue weighted by atomic mass is 16.5. The van der Waals surface area contributed by atoms with Gasteiger partial charge in [-0.05, 0) is 68.0 Å². The van der Waals surface area contributed by atoms with Gasteiger partial charge in [-0.2, -0.15) is 0 Å². The number of aliphatic hydroxyl groups excluding tert-OH is 1. The van der Waals surface area contributed by atoms with Crippen LogP contribution >= 0.6 is 0 Å². The molecule has 0 aliphatic rings. The average molecular weight is 284 g/mol. The zero-order valence-corrected chi connectivity index (χ0v) is 13.3. The van der Waals surface area contributed by atoms with Crippen LogP contribution in [0.25, 0.3) is 0 Å².